The standard InChI is InChI=1S/C45H43NO9/c1-5-24-52-44(48)40(46-45(49)54-28-39-36-12-8-6-10-34(36)35-11-7-9-13-37(35)39)26-42(47)55-43(38-23-22-33(50-3)25-41(38)51-4)31-18-20-32(21-19-31)53-27-30-16-14-29(2)15-17-30/h5-23,25,39-40,43H,1,24,26-28H2,2-4H3,(H,46,49)/t40-,43+/m1/s1. The summed E-state index contributed by atoms with van der Waals surface area (Å²) in [6.07, 6.45) is -1.02. The summed E-state index contributed by atoms with van der Waals surface area (Å²) in [4.78, 5) is 40.2. The van der Waals surface area contributed by atoms with Crippen LogP contribution >= 0.6 is 0 Å². The van der Waals surface area contributed by atoms with Gasteiger partial charge in [0.2, 0.25) is 0 Å². The Morgan fingerprint density at radius 3 is 2.07 bits per heavy atom. The highest BCUT2D eigenvalue weighted by atomic mass is 16.6. The van der Waals surface area contributed by atoms with Gasteiger partial charge in [0.1, 0.15) is 43.1 Å². The van der Waals surface area contributed by atoms with Crippen molar-refractivity contribution < 1.29 is 42.8 Å². The molecule has 0 bridgehead atoms. The molecule has 0 aliphatic heterocycles. The molecule has 1 aliphatic rings. The van der Waals surface area contributed by atoms with Crippen molar-refractivity contribution in [1.82, 2.24) is 5.32 Å². The van der Waals surface area contributed by atoms with Crippen molar-refractivity contribution in [2.24, 2.45) is 0 Å². The van der Waals surface area contributed by atoms with Gasteiger partial charge in [0.25, 0.3) is 0 Å². The Morgan fingerprint density at radius 2 is 1.44 bits per heavy atom. The van der Waals surface area contributed by atoms with Crippen LogP contribution in [-0.4, -0.2) is 51.5 Å². The fourth-order valence-electron chi connectivity index (χ4n) is 6.50. The highest BCUT2D eigenvalue weighted by molar-refractivity contribution is 5.86. The number of benzene rings is 5. The van der Waals surface area contributed by atoms with Crippen LogP contribution in [0.5, 0.6) is 17.2 Å². The molecule has 0 saturated carbocycles. The van der Waals surface area contributed by atoms with Crippen molar-refractivity contribution in [2.75, 3.05) is 27.4 Å². The number of alkyl carbamates (subject to hydrolysis) is 1. The predicted octanol–water partition coefficient (Wildman–Crippen LogP) is 8.25. The summed E-state index contributed by atoms with van der Waals surface area (Å²) >= 11 is 0. The van der Waals surface area contributed by atoms with E-state index in [1.165, 1.54) is 20.3 Å². The number of fused-ring (bicyclic) bond motifs is 3. The quantitative estimate of drug-likeness (QED) is 0.0606. The third kappa shape index (κ3) is 9.34. The first-order chi connectivity index (χ1) is 26.8. The average molecular weight is 742 g/mol. The molecule has 10 heteroatoms. The lowest BCUT2D eigenvalue weighted by Crippen LogP contribution is -2.44. The number of carbonyl (C=O) groups excluding carboxylic acids is 3. The minimum absolute atomic E-state index is 0.0167. The van der Waals surface area contributed by atoms with Gasteiger partial charge in [0.15, 0.2) is 6.10 Å². The summed E-state index contributed by atoms with van der Waals surface area (Å²) in [6.45, 7) is 5.88. The van der Waals surface area contributed by atoms with Crippen LogP contribution in [0.15, 0.2) is 128 Å². The molecule has 1 aliphatic carbocycles. The van der Waals surface area contributed by atoms with E-state index in [1.54, 1.807) is 42.5 Å². The van der Waals surface area contributed by atoms with E-state index in [4.69, 9.17) is 28.4 Å². The molecule has 0 aromatic heterocycles. The van der Waals surface area contributed by atoms with Crippen molar-refractivity contribution in [3.8, 4) is 28.4 Å². The smallest absolute Gasteiger partial charge is 0.407 e. The second-order valence-electron chi connectivity index (χ2n) is 13.0. The third-order valence-electron chi connectivity index (χ3n) is 9.32. The number of esters is 2. The Morgan fingerprint density at radius 1 is 0.782 bits per heavy atom. The molecule has 0 fully saturated rings. The van der Waals surface area contributed by atoms with Crippen molar-refractivity contribution >= 4 is 18.0 Å². The molecular weight excluding hydrogens is 698 g/mol. The number of methoxy groups -OCH3 is 2. The van der Waals surface area contributed by atoms with Gasteiger partial charge in [0.05, 0.1) is 20.6 Å². The molecular formula is C45H43NO9. The van der Waals surface area contributed by atoms with Crippen LogP contribution in [0.3, 0.4) is 0 Å². The summed E-state index contributed by atoms with van der Waals surface area (Å²) in [7, 11) is 3.04. The molecule has 5 aromatic carbocycles. The molecule has 0 unspecified atom stereocenters. The second-order valence-corrected chi connectivity index (χ2v) is 13.0. The fraction of sp³-hybridized carbons (Fsp3) is 0.222. The Balaban J connectivity index is 1.18. The van der Waals surface area contributed by atoms with Crippen LogP contribution in [-0.2, 0) is 30.4 Å². The number of carbonyl (C=O) groups is 3. The minimum Gasteiger partial charge on any atom is -0.497 e. The molecule has 5 aromatic rings. The Kier molecular flexibility index (Phi) is 12.5. The van der Waals surface area contributed by atoms with E-state index >= 15 is 0 Å². The van der Waals surface area contributed by atoms with E-state index in [2.05, 4.69) is 11.9 Å². The van der Waals surface area contributed by atoms with E-state index in [1.807, 2.05) is 79.7 Å². The zero-order valence-corrected chi connectivity index (χ0v) is 31.0. The molecule has 1 amide bonds. The molecule has 0 saturated heterocycles. The number of amides is 1. The van der Waals surface area contributed by atoms with Crippen molar-refractivity contribution in [2.45, 2.75) is 38.0 Å². The van der Waals surface area contributed by atoms with Crippen molar-refractivity contribution in [3.63, 3.8) is 0 Å². The van der Waals surface area contributed by atoms with Gasteiger partial charge < -0.3 is 33.7 Å². The molecule has 10 nitrogen and oxygen atoms in total. The van der Waals surface area contributed by atoms with E-state index < -0.39 is 36.6 Å². The van der Waals surface area contributed by atoms with Crippen LogP contribution in [0.1, 0.15) is 51.8 Å². The maximum Gasteiger partial charge on any atom is 0.407 e. The fourth-order valence-corrected chi connectivity index (χ4v) is 6.50. The Bertz CT molecular complexity index is 2080. The lowest BCUT2D eigenvalue weighted by molar-refractivity contribution is -0.154. The monoisotopic (exact) mass is 741 g/mol. The predicted molar refractivity (Wildman–Crippen MR) is 207 cm³/mol. The molecule has 6 rings (SSSR count). The van der Waals surface area contributed by atoms with E-state index in [9.17, 15) is 14.4 Å². The van der Waals surface area contributed by atoms with Crippen LogP contribution in [0.4, 0.5) is 4.79 Å². The maximum absolute atomic E-state index is 13.8. The average Bonchev–Trinajstić information content (AvgIpc) is 3.54. The van der Waals surface area contributed by atoms with Gasteiger partial charge >= 0.3 is 18.0 Å². The zero-order valence-electron chi connectivity index (χ0n) is 31.0. The van der Waals surface area contributed by atoms with Gasteiger partial charge in [-0.15, -0.1) is 0 Å². The SMILES string of the molecule is C=CCOC(=O)[C@@H](CC(=O)O[C@@H](c1ccc(OCc2ccc(C)cc2)cc1)c1ccc(OC)cc1OC)NC(=O)OCC1c2ccccc2-c2ccccc21. The number of hydrogen-bond acceptors (Lipinski definition) is 9. The minimum atomic E-state index is -1.42. The van der Waals surface area contributed by atoms with Crippen LogP contribution in [0.2, 0.25) is 0 Å². The first-order valence-electron chi connectivity index (χ1n) is 17.9. The number of nitrogens with one attached hydrogen (secondary N) is 1. The normalized spacial score (nSPS) is 12.6. The highest BCUT2D eigenvalue weighted by Gasteiger charge is 2.32. The molecule has 2 atom stereocenters. The largest absolute Gasteiger partial charge is 0.497 e. The summed E-state index contributed by atoms with van der Waals surface area (Å²) in [5.74, 6) is -0.262. The van der Waals surface area contributed by atoms with Crippen LogP contribution < -0.4 is 19.5 Å². The first kappa shape index (κ1) is 38.2. The van der Waals surface area contributed by atoms with E-state index in [0.717, 1.165) is 33.4 Å². The summed E-state index contributed by atoms with van der Waals surface area (Å²) in [6, 6.07) is 34.9. The number of rotatable bonds is 16. The summed E-state index contributed by atoms with van der Waals surface area (Å²) in [5.41, 5.74) is 7.55. The van der Waals surface area contributed by atoms with Gasteiger partial charge in [-0.05, 0) is 64.6 Å². The number of hydrogen-bond donors (Lipinski definition) is 1. The van der Waals surface area contributed by atoms with E-state index in [-0.39, 0.29) is 19.1 Å². The molecule has 0 heterocycles. The molecule has 282 valence electrons. The number of ether oxygens (including phenoxy) is 6. The highest BCUT2D eigenvalue weighted by Crippen LogP contribution is 2.44. The third-order valence-corrected chi connectivity index (χ3v) is 9.32. The van der Waals surface area contributed by atoms with Gasteiger partial charge in [-0.25, -0.2) is 9.59 Å². The van der Waals surface area contributed by atoms with Crippen LogP contribution in [0.25, 0.3) is 11.1 Å². The Labute approximate surface area is 320 Å². The van der Waals surface area contributed by atoms with Gasteiger partial charge in [-0.1, -0.05) is 103 Å². The van der Waals surface area contributed by atoms with Crippen molar-refractivity contribution in [1.29, 1.82) is 0 Å². The zero-order chi connectivity index (χ0) is 38.7. The Hall–Kier alpha value is -6.55. The van der Waals surface area contributed by atoms with Crippen LogP contribution in [0, 0.1) is 6.92 Å². The van der Waals surface area contributed by atoms with Gasteiger partial charge in [-0.2, -0.15) is 0 Å². The van der Waals surface area contributed by atoms with E-state index in [0.29, 0.717) is 35.0 Å². The molecule has 0 radical (unpaired) electrons. The molecule has 1 N–H and O–H groups in total. The van der Waals surface area contributed by atoms with Crippen molar-refractivity contribution in [3.05, 3.63) is 161 Å². The maximum atomic E-state index is 13.8. The number of aryl methyl sites for hydroxylation is 1. The lowest BCUT2D eigenvalue weighted by Gasteiger charge is -2.23. The van der Waals surface area contributed by atoms with Gasteiger partial charge in [-0.3, -0.25) is 4.79 Å². The van der Waals surface area contributed by atoms with Gasteiger partial charge in [0, 0.05) is 17.5 Å². The second kappa shape index (κ2) is 18.0. The lowest BCUT2D eigenvalue weighted by atomic mass is 9.98. The first-order valence-corrected chi connectivity index (χ1v) is 17.9. The molecule has 0 spiro atoms. The topological polar surface area (TPSA) is 119 Å². The summed E-state index contributed by atoms with van der Waals surface area (Å²) < 4.78 is 34.1. The summed E-state index contributed by atoms with van der Waals surface area (Å²) in [5, 5.41) is 2.53. The molecule has 55 heavy (non-hydrogen) atoms.